The first kappa shape index (κ1) is 21.7. The Kier molecular flexibility index (Phi) is 7.24. The zero-order valence-corrected chi connectivity index (χ0v) is 17.4. The molecule has 3 nitrogen and oxygen atoms in total. The number of carbonyl (C=O) groups is 1. The summed E-state index contributed by atoms with van der Waals surface area (Å²) in [4.78, 5) is 16.6. The van der Waals surface area contributed by atoms with E-state index in [0.717, 1.165) is 11.3 Å². The van der Waals surface area contributed by atoms with Gasteiger partial charge in [-0.2, -0.15) is 0 Å². The van der Waals surface area contributed by atoms with Crippen LogP contribution in [0.15, 0.2) is 42.5 Å². The molecule has 3 rings (SSSR count). The maximum absolute atomic E-state index is 14.1. The first-order chi connectivity index (χ1) is 13.8. The number of thioether (sulfide) groups is 1. The third-order valence-electron chi connectivity index (χ3n) is 4.79. The van der Waals surface area contributed by atoms with Gasteiger partial charge in [0.05, 0.1) is 6.54 Å². The van der Waals surface area contributed by atoms with Crippen LogP contribution in [0.5, 0.6) is 0 Å². The number of amides is 1. The molecule has 0 spiro atoms. The van der Waals surface area contributed by atoms with Crippen molar-refractivity contribution in [3.05, 3.63) is 71.0 Å². The van der Waals surface area contributed by atoms with E-state index in [9.17, 15) is 18.0 Å². The second kappa shape index (κ2) is 9.67. The van der Waals surface area contributed by atoms with Gasteiger partial charge >= 0.3 is 0 Å². The van der Waals surface area contributed by atoms with Gasteiger partial charge in [0.15, 0.2) is 0 Å². The third kappa shape index (κ3) is 5.54. The highest BCUT2D eigenvalue weighted by molar-refractivity contribution is 7.99. The lowest BCUT2D eigenvalue weighted by Gasteiger charge is -2.29. The summed E-state index contributed by atoms with van der Waals surface area (Å²) >= 11 is 1.63. The van der Waals surface area contributed by atoms with E-state index in [1.807, 2.05) is 13.8 Å². The van der Waals surface area contributed by atoms with E-state index in [1.54, 1.807) is 33.7 Å². The van der Waals surface area contributed by atoms with Gasteiger partial charge in [-0.1, -0.05) is 32.0 Å². The van der Waals surface area contributed by atoms with Crippen LogP contribution in [0.2, 0.25) is 0 Å². The summed E-state index contributed by atoms with van der Waals surface area (Å²) in [5.74, 6) is -0.594. The number of nitrogens with zero attached hydrogens (tertiary/aromatic N) is 2. The quantitative estimate of drug-likeness (QED) is 0.638. The number of carbonyl (C=O) groups excluding carboxylic acids is 1. The summed E-state index contributed by atoms with van der Waals surface area (Å²) in [5, 5.41) is -0.172. The van der Waals surface area contributed by atoms with Gasteiger partial charge in [0.1, 0.15) is 22.8 Å². The molecular weight excluding hydrogens is 397 g/mol. The zero-order valence-electron chi connectivity index (χ0n) is 16.6. The summed E-state index contributed by atoms with van der Waals surface area (Å²) in [5.41, 5.74) is 0.852. The van der Waals surface area contributed by atoms with Crippen LogP contribution in [0, 0.1) is 23.4 Å². The van der Waals surface area contributed by atoms with Crippen molar-refractivity contribution in [3.63, 3.8) is 0 Å². The Balaban J connectivity index is 1.74. The van der Waals surface area contributed by atoms with Gasteiger partial charge in [0, 0.05) is 31.0 Å². The summed E-state index contributed by atoms with van der Waals surface area (Å²) < 4.78 is 41.5. The smallest absolute Gasteiger partial charge is 0.237 e. The number of hydrogen-bond donors (Lipinski definition) is 0. The van der Waals surface area contributed by atoms with Crippen LogP contribution in [0.3, 0.4) is 0 Å². The molecule has 1 aliphatic rings. The standard InChI is InChI=1S/C22H25F3N2OS/c1-15(2)12-26(13-18-19(24)4-3-5-20(18)25)14-21(28)27-10-11-29-22(27)16-6-8-17(23)9-7-16/h3-9,15,22H,10-14H2,1-2H3/t22-/m0/s1. The lowest BCUT2D eigenvalue weighted by atomic mass is 10.1. The zero-order chi connectivity index (χ0) is 21.0. The van der Waals surface area contributed by atoms with Crippen LogP contribution in [0.1, 0.15) is 30.3 Å². The van der Waals surface area contributed by atoms with Gasteiger partial charge in [-0.15, -0.1) is 11.8 Å². The normalized spacial score (nSPS) is 16.8. The highest BCUT2D eigenvalue weighted by Crippen LogP contribution is 2.38. The molecule has 1 atom stereocenters. The van der Waals surface area contributed by atoms with Gasteiger partial charge < -0.3 is 4.90 Å². The minimum absolute atomic E-state index is 0.0215. The van der Waals surface area contributed by atoms with Crippen LogP contribution in [-0.4, -0.2) is 41.1 Å². The number of hydrogen-bond acceptors (Lipinski definition) is 3. The predicted molar refractivity (Wildman–Crippen MR) is 110 cm³/mol. The Morgan fingerprint density at radius 3 is 2.41 bits per heavy atom. The van der Waals surface area contributed by atoms with E-state index in [4.69, 9.17) is 0 Å². The molecule has 29 heavy (non-hydrogen) atoms. The molecule has 2 aromatic rings. The highest BCUT2D eigenvalue weighted by Gasteiger charge is 2.31. The molecule has 1 saturated heterocycles. The third-order valence-corrected chi connectivity index (χ3v) is 6.05. The van der Waals surface area contributed by atoms with E-state index in [1.165, 1.54) is 30.3 Å². The van der Waals surface area contributed by atoms with Gasteiger partial charge in [-0.05, 0) is 35.7 Å². The Morgan fingerprint density at radius 2 is 1.79 bits per heavy atom. The van der Waals surface area contributed by atoms with E-state index < -0.39 is 11.6 Å². The van der Waals surface area contributed by atoms with Crippen LogP contribution < -0.4 is 0 Å². The van der Waals surface area contributed by atoms with Crippen LogP contribution >= 0.6 is 11.8 Å². The Morgan fingerprint density at radius 1 is 1.14 bits per heavy atom. The van der Waals surface area contributed by atoms with Gasteiger partial charge in [-0.25, -0.2) is 13.2 Å². The Labute approximate surface area is 173 Å². The monoisotopic (exact) mass is 422 g/mol. The van der Waals surface area contributed by atoms with Crippen molar-refractivity contribution < 1.29 is 18.0 Å². The molecule has 0 saturated carbocycles. The summed E-state index contributed by atoms with van der Waals surface area (Å²) in [6.07, 6.45) is 0. The first-order valence-electron chi connectivity index (χ1n) is 9.67. The highest BCUT2D eigenvalue weighted by atomic mass is 32.2. The average Bonchev–Trinajstić information content (AvgIpc) is 3.15. The topological polar surface area (TPSA) is 23.6 Å². The molecule has 1 amide bonds. The summed E-state index contributed by atoms with van der Waals surface area (Å²) in [6.45, 7) is 5.25. The fourth-order valence-electron chi connectivity index (χ4n) is 3.52. The molecule has 2 aromatic carbocycles. The molecule has 0 radical (unpaired) electrons. The summed E-state index contributed by atoms with van der Waals surface area (Å²) in [6, 6.07) is 9.97. The number of rotatable bonds is 7. The van der Waals surface area contributed by atoms with Crippen molar-refractivity contribution in [1.82, 2.24) is 9.80 Å². The molecular formula is C22H25F3N2OS. The molecule has 156 valence electrons. The van der Waals surface area contributed by atoms with E-state index in [0.29, 0.717) is 13.1 Å². The molecule has 7 heteroatoms. The minimum atomic E-state index is -0.605. The number of benzene rings is 2. The Hall–Kier alpha value is -1.99. The Bertz CT molecular complexity index is 824. The van der Waals surface area contributed by atoms with Crippen LogP contribution in [0.25, 0.3) is 0 Å². The van der Waals surface area contributed by atoms with Gasteiger partial charge in [0.25, 0.3) is 0 Å². The van der Waals surface area contributed by atoms with Crippen molar-refractivity contribution in [1.29, 1.82) is 0 Å². The van der Waals surface area contributed by atoms with Crippen molar-refractivity contribution in [2.24, 2.45) is 5.92 Å². The van der Waals surface area contributed by atoms with Crippen LogP contribution in [-0.2, 0) is 11.3 Å². The fraction of sp³-hybridized carbons (Fsp3) is 0.409. The van der Waals surface area contributed by atoms with Gasteiger partial charge in [0.2, 0.25) is 5.91 Å². The van der Waals surface area contributed by atoms with Crippen LogP contribution in [0.4, 0.5) is 13.2 Å². The molecule has 1 aliphatic heterocycles. The average molecular weight is 423 g/mol. The minimum Gasteiger partial charge on any atom is -0.325 e. The molecule has 0 unspecified atom stereocenters. The van der Waals surface area contributed by atoms with Crippen molar-refractivity contribution in [2.75, 3.05) is 25.4 Å². The van der Waals surface area contributed by atoms with Crippen molar-refractivity contribution in [2.45, 2.75) is 25.8 Å². The lowest BCUT2D eigenvalue weighted by Crippen LogP contribution is -2.41. The van der Waals surface area contributed by atoms with E-state index in [-0.39, 0.29) is 41.7 Å². The maximum atomic E-state index is 14.1. The molecule has 0 bridgehead atoms. The summed E-state index contributed by atoms with van der Waals surface area (Å²) in [7, 11) is 0. The van der Waals surface area contributed by atoms with Crippen molar-refractivity contribution in [3.8, 4) is 0 Å². The fourth-order valence-corrected chi connectivity index (χ4v) is 4.80. The van der Waals surface area contributed by atoms with E-state index >= 15 is 0 Å². The molecule has 1 heterocycles. The largest absolute Gasteiger partial charge is 0.325 e. The molecule has 1 fully saturated rings. The molecule has 0 N–H and O–H groups in total. The second-order valence-corrected chi connectivity index (χ2v) is 8.81. The van der Waals surface area contributed by atoms with E-state index in [2.05, 4.69) is 0 Å². The molecule has 0 aliphatic carbocycles. The van der Waals surface area contributed by atoms with Crippen molar-refractivity contribution >= 4 is 17.7 Å². The number of halogens is 3. The molecule has 0 aromatic heterocycles. The lowest BCUT2D eigenvalue weighted by molar-refractivity contribution is -0.132. The maximum Gasteiger partial charge on any atom is 0.237 e. The SMILES string of the molecule is CC(C)CN(CC(=O)N1CCS[C@H]1c1ccc(F)cc1)Cc1c(F)cccc1F. The van der Waals surface area contributed by atoms with Gasteiger partial charge in [-0.3, -0.25) is 9.69 Å². The first-order valence-corrected chi connectivity index (χ1v) is 10.7. The predicted octanol–water partition coefficient (Wildman–Crippen LogP) is 4.84. The second-order valence-electron chi connectivity index (χ2n) is 7.63.